The minimum atomic E-state index is -1.08. The number of fused-ring (bicyclic) bond motifs is 2. The first-order valence-electron chi connectivity index (χ1n) is 13.9. The Bertz CT molecular complexity index is 1790. The summed E-state index contributed by atoms with van der Waals surface area (Å²) in [6.07, 6.45) is 2.49. The van der Waals surface area contributed by atoms with Gasteiger partial charge < -0.3 is 19.4 Å². The maximum absolute atomic E-state index is 16.5. The van der Waals surface area contributed by atoms with Gasteiger partial charge in [0.2, 0.25) is 6.54 Å². The summed E-state index contributed by atoms with van der Waals surface area (Å²) in [7, 11) is 2.00. The number of aromatic nitrogens is 3. The van der Waals surface area contributed by atoms with Crippen molar-refractivity contribution in [2.75, 3.05) is 51.3 Å². The molecule has 9 nitrogen and oxygen atoms in total. The van der Waals surface area contributed by atoms with Gasteiger partial charge in [-0.2, -0.15) is 9.97 Å². The first kappa shape index (κ1) is 28.7. The number of hydrogen-bond donors (Lipinski definition) is 0. The predicted molar refractivity (Wildman–Crippen MR) is 161 cm³/mol. The van der Waals surface area contributed by atoms with Crippen molar-refractivity contribution in [3.63, 3.8) is 0 Å². The van der Waals surface area contributed by atoms with E-state index in [0.717, 1.165) is 18.4 Å². The lowest BCUT2D eigenvalue weighted by Crippen LogP contribution is -2.56. The molecule has 1 amide bonds. The van der Waals surface area contributed by atoms with Crippen LogP contribution in [0.15, 0.2) is 55.0 Å². The van der Waals surface area contributed by atoms with E-state index in [-0.39, 0.29) is 49.4 Å². The average molecular weight is 604 g/mol. The second kappa shape index (κ2) is 11.7. The number of likely N-dealkylation sites (tertiary alicyclic amines) is 1. The van der Waals surface area contributed by atoms with Gasteiger partial charge in [-0.15, -0.1) is 0 Å². The Hall–Kier alpha value is -4.40. The lowest BCUT2D eigenvalue weighted by atomic mass is 10.0. The zero-order valence-electron chi connectivity index (χ0n) is 23.4. The summed E-state index contributed by atoms with van der Waals surface area (Å²) < 4.78 is 36.3. The number of carbonyl (C=O) groups excluding carboxylic acids is 1. The van der Waals surface area contributed by atoms with Crippen molar-refractivity contribution in [3.8, 4) is 17.3 Å². The lowest BCUT2D eigenvalue weighted by Gasteiger charge is -2.40. The van der Waals surface area contributed by atoms with Gasteiger partial charge in [0.05, 0.1) is 5.39 Å². The Labute approximate surface area is 252 Å². The van der Waals surface area contributed by atoms with Gasteiger partial charge >= 0.3 is 6.01 Å². The van der Waals surface area contributed by atoms with E-state index >= 15 is 4.39 Å². The van der Waals surface area contributed by atoms with Crippen LogP contribution < -0.4 is 9.64 Å². The third-order valence-corrected chi connectivity index (χ3v) is 8.49. The van der Waals surface area contributed by atoms with Crippen molar-refractivity contribution in [1.29, 1.82) is 0 Å². The molecular weight excluding hydrogens is 576 g/mol. The molecule has 0 N–H and O–H groups in total. The second-order valence-electron chi connectivity index (χ2n) is 10.7. The van der Waals surface area contributed by atoms with Crippen molar-refractivity contribution in [2.24, 2.45) is 0 Å². The predicted octanol–water partition coefficient (Wildman–Crippen LogP) is 5.14. The van der Waals surface area contributed by atoms with Crippen LogP contribution in [-0.4, -0.2) is 89.1 Å². The quantitative estimate of drug-likeness (QED) is 0.214. The fourth-order valence-corrected chi connectivity index (χ4v) is 5.97. The van der Waals surface area contributed by atoms with Crippen molar-refractivity contribution in [2.45, 2.75) is 18.5 Å². The number of benzene rings is 2. The number of nitrogens with zero attached hydrogens (tertiary/aromatic N) is 7. The second-order valence-corrected chi connectivity index (χ2v) is 11.1. The van der Waals surface area contributed by atoms with E-state index in [1.807, 2.05) is 36.2 Å². The third-order valence-electron chi connectivity index (χ3n) is 8.17. The van der Waals surface area contributed by atoms with Crippen LogP contribution in [0.2, 0.25) is 5.02 Å². The Morgan fingerprint density at radius 1 is 1.19 bits per heavy atom. The van der Waals surface area contributed by atoms with E-state index in [0.29, 0.717) is 33.8 Å². The Morgan fingerprint density at radius 3 is 2.67 bits per heavy atom. The first-order chi connectivity index (χ1) is 20.8. The Balaban J connectivity index is 1.45. The first-order valence-corrected chi connectivity index (χ1v) is 14.2. The largest absolute Gasteiger partial charge is 0.462 e. The highest BCUT2D eigenvalue weighted by Gasteiger charge is 2.35. The van der Waals surface area contributed by atoms with Crippen molar-refractivity contribution < 1.29 is 18.3 Å². The third kappa shape index (κ3) is 5.32. The van der Waals surface area contributed by atoms with Crippen LogP contribution in [0.3, 0.4) is 0 Å². The molecule has 220 valence electrons. The van der Waals surface area contributed by atoms with Gasteiger partial charge in [-0.25, -0.2) is 15.4 Å². The zero-order chi connectivity index (χ0) is 30.2. The van der Waals surface area contributed by atoms with Crippen LogP contribution in [0, 0.1) is 12.4 Å². The Morgan fingerprint density at radius 2 is 1.98 bits per heavy atom. The Kier molecular flexibility index (Phi) is 7.81. The summed E-state index contributed by atoms with van der Waals surface area (Å²) in [6, 6.07) is 10.5. The van der Waals surface area contributed by atoms with Gasteiger partial charge in [0.1, 0.15) is 29.7 Å². The van der Waals surface area contributed by atoms with Crippen molar-refractivity contribution in [1.82, 2.24) is 24.8 Å². The van der Waals surface area contributed by atoms with E-state index in [1.165, 1.54) is 11.1 Å². The minimum absolute atomic E-state index is 0.00664. The van der Waals surface area contributed by atoms with Crippen LogP contribution >= 0.6 is 11.6 Å². The maximum atomic E-state index is 16.5. The van der Waals surface area contributed by atoms with Gasteiger partial charge in [0.15, 0.2) is 11.6 Å². The number of rotatable bonds is 7. The summed E-state index contributed by atoms with van der Waals surface area (Å²) in [5.74, 6) is -2.23. The van der Waals surface area contributed by atoms with Crippen molar-refractivity contribution >= 4 is 45.0 Å². The van der Waals surface area contributed by atoms with Gasteiger partial charge in [0, 0.05) is 47.8 Å². The van der Waals surface area contributed by atoms with Crippen LogP contribution in [0.5, 0.6) is 6.01 Å². The van der Waals surface area contributed by atoms with E-state index in [9.17, 15) is 9.18 Å². The number of pyridine rings is 1. The number of likely N-dealkylation sites (N-methyl/N-ethyl adjacent to an activating group) is 1. The molecule has 2 saturated heterocycles. The number of anilines is 1. The summed E-state index contributed by atoms with van der Waals surface area (Å²) in [5.41, 5.74) is 0.633. The van der Waals surface area contributed by atoms with Crippen LogP contribution in [0.4, 0.5) is 14.6 Å². The summed E-state index contributed by atoms with van der Waals surface area (Å²) in [4.78, 5) is 34.9. The van der Waals surface area contributed by atoms with Crippen LogP contribution in [0.25, 0.3) is 37.8 Å². The summed E-state index contributed by atoms with van der Waals surface area (Å²) in [6.45, 7) is 12.3. The van der Waals surface area contributed by atoms with E-state index in [1.54, 1.807) is 12.1 Å². The highest BCUT2D eigenvalue weighted by molar-refractivity contribution is 6.36. The molecule has 4 aromatic rings. The number of ether oxygens (including phenoxy) is 1. The van der Waals surface area contributed by atoms with E-state index in [2.05, 4.69) is 31.3 Å². The fraction of sp³-hybridized carbons (Fsp3) is 0.323. The lowest BCUT2D eigenvalue weighted by molar-refractivity contribution is -0.131. The standard InChI is InChI=1S/C31H28ClF2N7O2/c1-18(33)30(42)41-13-12-40(16-21(41)14-35-2)29-23-15-36-27(22-8-4-6-19-7-5-9-24(32)25(19)22)26(34)28(23)37-31(38-29)43-17-20-10-11-39(20)3/h4-9,15,20-21H,1,10-14,16-17H2,3H3/t20?,21-/m0/s1. The maximum Gasteiger partial charge on any atom is 0.319 e. The molecule has 2 aromatic carbocycles. The molecule has 0 bridgehead atoms. The van der Waals surface area contributed by atoms with Crippen LogP contribution in [-0.2, 0) is 4.79 Å². The molecular formula is C31H28ClF2N7O2. The number of halogens is 3. The highest BCUT2D eigenvalue weighted by atomic mass is 35.5. The van der Waals surface area contributed by atoms with Crippen LogP contribution in [0.1, 0.15) is 6.42 Å². The van der Waals surface area contributed by atoms with E-state index < -0.39 is 23.6 Å². The number of hydrogen-bond acceptors (Lipinski definition) is 7. The van der Waals surface area contributed by atoms with Gasteiger partial charge in [-0.1, -0.05) is 48.5 Å². The molecule has 2 aromatic heterocycles. The molecule has 0 saturated carbocycles. The molecule has 0 radical (unpaired) electrons. The summed E-state index contributed by atoms with van der Waals surface area (Å²) in [5, 5.41) is 2.34. The smallest absolute Gasteiger partial charge is 0.319 e. The molecule has 12 heteroatoms. The SMILES string of the molecule is [C-]#[N+]C[C@H]1CN(c2nc(OCC3CCN3C)nc3c(F)c(-c4cccc5cccc(Cl)c45)ncc23)CCN1C(=O)C(=C)F. The van der Waals surface area contributed by atoms with Gasteiger partial charge in [-0.3, -0.25) is 14.7 Å². The van der Waals surface area contributed by atoms with Gasteiger partial charge in [-0.05, 0) is 31.5 Å². The molecule has 43 heavy (non-hydrogen) atoms. The molecule has 2 atom stereocenters. The van der Waals surface area contributed by atoms with Gasteiger partial charge in [0.25, 0.3) is 5.91 Å². The number of piperazine rings is 1. The molecule has 0 spiro atoms. The highest BCUT2D eigenvalue weighted by Crippen LogP contribution is 2.37. The van der Waals surface area contributed by atoms with E-state index in [4.69, 9.17) is 22.9 Å². The summed E-state index contributed by atoms with van der Waals surface area (Å²) >= 11 is 6.55. The number of amides is 1. The number of carbonyl (C=O) groups is 1. The topological polar surface area (TPSA) is 79.1 Å². The minimum Gasteiger partial charge on any atom is -0.462 e. The zero-order valence-corrected chi connectivity index (χ0v) is 24.2. The van der Waals surface area contributed by atoms with Crippen molar-refractivity contribution in [3.05, 3.63) is 77.3 Å². The fourth-order valence-electron chi connectivity index (χ4n) is 5.69. The molecule has 2 aliphatic heterocycles. The molecule has 6 rings (SSSR count). The molecule has 0 aliphatic carbocycles. The molecule has 2 fully saturated rings. The molecule has 1 unspecified atom stereocenters. The molecule has 4 heterocycles. The average Bonchev–Trinajstić information content (AvgIpc) is 3.00. The molecule has 2 aliphatic rings. The monoisotopic (exact) mass is 603 g/mol. The normalized spacial score (nSPS) is 18.9.